The van der Waals surface area contributed by atoms with Gasteiger partial charge in [-0.3, -0.25) is 4.79 Å². The number of Topliss-reactive ketones (excluding diaryl/α,β-unsaturated/α-hetero) is 1. The fourth-order valence-corrected chi connectivity index (χ4v) is 1.91. The van der Waals surface area contributed by atoms with Gasteiger partial charge >= 0.3 is 0 Å². The molecule has 18 heavy (non-hydrogen) atoms. The van der Waals surface area contributed by atoms with E-state index in [1.807, 2.05) is 24.3 Å². The number of aromatic nitrogens is 3. The van der Waals surface area contributed by atoms with Gasteiger partial charge in [0.1, 0.15) is 0 Å². The molecule has 0 aliphatic rings. The summed E-state index contributed by atoms with van der Waals surface area (Å²) >= 11 is 0. The van der Waals surface area contributed by atoms with E-state index in [4.69, 9.17) is 0 Å². The molecular weight excluding hydrogens is 226 g/mol. The van der Waals surface area contributed by atoms with Gasteiger partial charge in [-0.1, -0.05) is 18.2 Å². The Kier molecular flexibility index (Phi) is 2.41. The van der Waals surface area contributed by atoms with Gasteiger partial charge in [0, 0.05) is 17.1 Å². The molecule has 0 atom stereocenters. The zero-order chi connectivity index (χ0) is 12.5. The Morgan fingerprint density at radius 1 is 1.22 bits per heavy atom. The smallest absolute Gasteiger partial charge is 0.159 e. The summed E-state index contributed by atoms with van der Waals surface area (Å²) in [6, 6.07) is 11.3. The molecule has 3 rings (SSSR count). The zero-order valence-corrected chi connectivity index (χ0v) is 9.87. The average molecular weight is 237 g/mol. The summed E-state index contributed by atoms with van der Waals surface area (Å²) in [6.45, 7) is 1.54. The molecule has 2 heterocycles. The third-order valence-corrected chi connectivity index (χ3v) is 2.85. The number of nitrogens with zero attached hydrogens (tertiary/aromatic N) is 3. The van der Waals surface area contributed by atoms with Crippen LogP contribution < -0.4 is 0 Å². The first kappa shape index (κ1) is 10.7. The van der Waals surface area contributed by atoms with E-state index in [0.29, 0.717) is 11.4 Å². The lowest BCUT2D eigenvalue weighted by molar-refractivity contribution is 0.101. The number of hydrogen-bond acceptors (Lipinski definition) is 3. The minimum atomic E-state index is 0.0233. The number of para-hydroxylation sites is 1. The summed E-state index contributed by atoms with van der Waals surface area (Å²) in [5.74, 6) is 0.680. The fourth-order valence-electron chi connectivity index (χ4n) is 1.91. The third kappa shape index (κ3) is 1.68. The highest BCUT2D eigenvalue weighted by Crippen LogP contribution is 2.17. The van der Waals surface area contributed by atoms with E-state index in [1.165, 1.54) is 0 Å². The Bertz CT molecular complexity index is 730. The Hall–Kier alpha value is -2.49. The van der Waals surface area contributed by atoms with Crippen LogP contribution in [0.15, 0.2) is 48.8 Å². The average Bonchev–Trinajstić information content (AvgIpc) is 2.82. The molecule has 0 aliphatic heterocycles. The number of ketones is 1. The van der Waals surface area contributed by atoms with Crippen LogP contribution in [0.1, 0.15) is 17.3 Å². The van der Waals surface area contributed by atoms with Crippen molar-refractivity contribution >= 4 is 16.7 Å². The number of fused-ring (bicyclic) bond motifs is 1. The van der Waals surface area contributed by atoms with Crippen molar-refractivity contribution in [3.8, 4) is 5.82 Å². The quantitative estimate of drug-likeness (QED) is 0.644. The normalized spacial score (nSPS) is 10.7. The lowest BCUT2D eigenvalue weighted by Gasteiger charge is -2.03. The minimum Gasteiger partial charge on any atom is -0.295 e. The summed E-state index contributed by atoms with van der Waals surface area (Å²) in [6.07, 6.45) is 3.42. The number of hydrogen-bond donors (Lipinski definition) is 0. The van der Waals surface area contributed by atoms with Gasteiger partial charge in [-0.05, 0) is 25.1 Å². The van der Waals surface area contributed by atoms with Gasteiger partial charge < -0.3 is 0 Å². The molecule has 0 fully saturated rings. The highest BCUT2D eigenvalue weighted by molar-refractivity contribution is 5.94. The second-order valence-electron chi connectivity index (χ2n) is 4.07. The van der Waals surface area contributed by atoms with E-state index >= 15 is 0 Å². The second-order valence-corrected chi connectivity index (χ2v) is 4.07. The first-order chi connectivity index (χ1) is 8.75. The van der Waals surface area contributed by atoms with Crippen LogP contribution >= 0.6 is 0 Å². The van der Waals surface area contributed by atoms with Crippen LogP contribution in [0.25, 0.3) is 16.7 Å². The minimum absolute atomic E-state index is 0.0233. The molecule has 0 radical (unpaired) electrons. The van der Waals surface area contributed by atoms with Crippen molar-refractivity contribution in [3.05, 3.63) is 54.4 Å². The number of rotatable bonds is 2. The van der Waals surface area contributed by atoms with Crippen molar-refractivity contribution in [2.75, 3.05) is 0 Å². The number of carbonyl (C=O) groups is 1. The van der Waals surface area contributed by atoms with Crippen LogP contribution in [0.2, 0.25) is 0 Å². The maximum absolute atomic E-state index is 11.4. The van der Waals surface area contributed by atoms with Crippen molar-refractivity contribution in [3.63, 3.8) is 0 Å². The third-order valence-electron chi connectivity index (χ3n) is 2.85. The molecule has 0 unspecified atom stereocenters. The molecule has 1 aromatic carbocycles. The number of benzene rings is 1. The van der Waals surface area contributed by atoms with Gasteiger partial charge in [0.25, 0.3) is 0 Å². The van der Waals surface area contributed by atoms with Gasteiger partial charge in [0.05, 0.1) is 11.7 Å². The maximum atomic E-state index is 11.4. The SMILES string of the molecule is CC(=O)c1ccnc(-n2ncc3ccccc32)c1. The summed E-state index contributed by atoms with van der Waals surface area (Å²) < 4.78 is 1.74. The Labute approximate surface area is 104 Å². The van der Waals surface area contributed by atoms with Crippen LogP contribution in [-0.2, 0) is 0 Å². The van der Waals surface area contributed by atoms with E-state index < -0.39 is 0 Å². The number of carbonyl (C=O) groups excluding carboxylic acids is 1. The summed E-state index contributed by atoms with van der Waals surface area (Å²) in [5, 5.41) is 5.36. The molecule has 88 valence electrons. The van der Waals surface area contributed by atoms with Gasteiger partial charge in [-0.2, -0.15) is 5.10 Å². The molecule has 0 amide bonds. The molecule has 2 aromatic heterocycles. The van der Waals surface area contributed by atoms with Crippen LogP contribution in [0.4, 0.5) is 0 Å². The number of pyridine rings is 1. The monoisotopic (exact) mass is 237 g/mol. The van der Waals surface area contributed by atoms with E-state index in [1.54, 1.807) is 36.1 Å². The van der Waals surface area contributed by atoms with E-state index in [-0.39, 0.29) is 5.78 Å². The predicted molar refractivity (Wildman–Crippen MR) is 68.9 cm³/mol. The van der Waals surface area contributed by atoms with E-state index in [9.17, 15) is 4.79 Å². The summed E-state index contributed by atoms with van der Waals surface area (Å²) in [4.78, 5) is 15.6. The molecule has 4 heteroatoms. The molecule has 0 spiro atoms. The van der Waals surface area contributed by atoms with Crippen molar-refractivity contribution in [1.29, 1.82) is 0 Å². The second kappa shape index (κ2) is 4.07. The molecule has 0 saturated carbocycles. The van der Waals surface area contributed by atoms with Crippen molar-refractivity contribution < 1.29 is 4.79 Å². The highest BCUT2D eigenvalue weighted by atomic mass is 16.1. The van der Waals surface area contributed by atoms with Crippen molar-refractivity contribution in [1.82, 2.24) is 14.8 Å². The van der Waals surface area contributed by atoms with Gasteiger partial charge in [0.2, 0.25) is 0 Å². The first-order valence-electron chi connectivity index (χ1n) is 5.66. The molecule has 0 aliphatic carbocycles. The van der Waals surface area contributed by atoms with Gasteiger partial charge in [-0.15, -0.1) is 0 Å². The predicted octanol–water partition coefficient (Wildman–Crippen LogP) is 2.62. The largest absolute Gasteiger partial charge is 0.295 e. The molecule has 0 bridgehead atoms. The zero-order valence-electron chi connectivity index (χ0n) is 9.87. The highest BCUT2D eigenvalue weighted by Gasteiger charge is 2.07. The fraction of sp³-hybridized carbons (Fsp3) is 0.0714. The maximum Gasteiger partial charge on any atom is 0.159 e. The van der Waals surface area contributed by atoms with E-state index in [2.05, 4.69) is 10.1 Å². The molecule has 3 aromatic rings. The van der Waals surface area contributed by atoms with Crippen molar-refractivity contribution in [2.45, 2.75) is 6.92 Å². The van der Waals surface area contributed by atoms with Gasteiger partial charge in [0.15, 0.2) is 11.6 Å². The molecule has 0 N–H and O–H groups in total. The van der Waals surface area contributed by atoms with E-state index in [0.717, 1.165) is 10.9 Å². The van der Waals surface area contributed by atoms with Crippen LogP contribution in [0, 0.1) is 0 Å². The summed E-state index contributed by atoms with van der Waals surface area (Å²) in [7, 11) is 0. The Morgan fingerprint density at radius 3 is 2.89 bits per heavy atom. The molecular formula is C14H11N3O. The topological polar surface area (TPSA) is 47.8 Å². The lowest BCUT2D eigenvalue weighted by atomic mass is 10.2. The van der Waals surface area contributed by atoms with Crippen molar-refractivity contribution in [2.24, 2.45) is 0 Å². The Morgan fingerprint density at radius 2 is 2.06 bits per heavy atom. The molecule has 4 nitrogen and oxygen atoms in total. The Balaban J connectivity index is 2.20. The standard InChI is InChI=1S/C14H11N3O/c1-10(18)11-6-7-15-14(8-11)17-13-5-3-2-4-12(13)9-16-17/h2-9H,1H3. The van der Waals surface area contributed by atoms with Crippen LogP contribution in [0.5, 0.6) is 0 Å². The lowest BCUT2D eigenvalue weighted by Crippen LogP contribution is -2.01. The van der Waals surface area contributed by atoms with Crippen LogP contribution in [-0.4, -0.2) is 20.5 Å². The molecule has 0 saturated heterocycles. The summed E-state index contributed by atoms with van der Waals surface area (Å²) in [5.41, 5.74) is 1.62. The van der Waals surface area contributed by atoms with Gasteiger partial charge in [-0.25, -0.2) is 9.67 Å². The first-order valence-corrected chi connectivity index (χ1v) is 5.66. The van der Waals surface area contributed by atoms with Crippen LogP contribution in [0.3, 0.4) is 0 Å².